The summed E-state index contributed by atoms with van der Waals surface area (Å²) in [5.74, 6) is 0.285. The van der Waals surface area contributed by atoms with E-state index < -0.39 is 6.67 Å². The number of hydrogen-bond donors (Lipinski definition) is 2. The van der Waals surface area contributed by atoms with Crippen LogP contribution in [-0.4, -0.2) is 21.6 Å². The standard InChI is InChI=1S/C13H16FN3O.ClH/c14-6-8-17-7-5-12(16-17)10-15-9-11-3-1-2-4-13(11)18;/h1-5,7,15,18H,6,8-10H2;1H. The molecule has 0 spiro atoms. The number of alkyl halides is 1. The number of benzene rings is 1. The SMILES string of the molecule is Cl.Oc1ccccc1CNCc1ccn(CCF)n1. The Hall–Kier alpha value is -1.59. The molecule has 0 aliphatic heterocycles. The van der Waals surface area contributed by atoms with Crippen LogP contribution in [-0.2, 0) is 19.6 Å². The molecule has 0 amide bonds. The average Bonchev–Trinajstić information content (AvgIpc) is 2.80. The molecule has 6 heteroatoms. The first-order valence-corrected chi connectivity index (χ1v) is 5.85. The molecule has 0 radical (unpaired) electrons. The summed E-state index contributed by atoms with van der Waals surface area (Å²) in [6.45, 7) is 1.04. The second-order valence-corrected chi connectivity index (χ2v) is 3.99. The molecule has 0 atom stereocenters. The first-order chi connectivity index (χ1) is 8.79. The number of aromatic hydroxyl groups is 1. The third-order valence-corrected chi connectivity index (χ3v) is 2.62. The van der Waals surface area contributed by atoms with Crippen LogP contribution in [0.25, 0.3) is 0 Å². The molecule has 19 heavy (non-hydrogen) atoms. The Balaban J connectivity index is 0.00000180. The van der Waals surface area contributed by atoms with Gasteiger partial charge in [-0.1, -0.05) is 18.2 Å². The largest absolute Gasteiger partial charge is 0.508 e. The smallest absolute Gasteiger partial charge is 0.120 e. The molecule has 0 unspecified atom stereocenters. The number of aryl methyl sites for hydroxylation is 1. The fourth-order valence-corrected chi connectivity index (χ4v) is 1.69. The third-order valence-electron chi connectivity index (χ3n) is 2.62. The van der Waals surface area contributed by atoms with Crippen LogP contribution in [0.5, 0.6) is 5.75 Å². The van der Waals surface area contributed by atoms with E-state index in [1.54, 1.807) is 23.0 Å². The minimum atomic E-state index is -0.410. The molecule has 0 bridgehead atoms. The van der Waals surface area contributed by atoms with Crippen molar-refractivity contribution in [3.63, 3.8) is 0 Å². The lowest BCUT2D eigenvalue weighted by Crippen LogP contribution is -2.13. The van der Waals surface area contributed by atoms with E-state index in [0.29, 0.717) is 19.6 Å². The van der Waals surface area contributed by atoms with Crippen molar-refractivity contribution in [3.05, 3.63) is 47.8 Å². The quantitative estimate of drug-likeness (QED) is 0.856. The predicted octanol–water partition coefficient (Wildman–Crippen LogP) is 2.27. The number of nitrogens with zero attached hydrogens (tertiary/aromatic N) is 2. The Morgan fingerprint density at radius 3 is 2.74 bits per heavy atom. The summed E-state index contributed by atoms with van der Waals surface area (Å²) in [5.41, 5.74) is 1.71. The van der Waals surface area contributed by atoms with Crippen LogP contribution >= 0.6 is 12.4 Å². The minimum Gasteiger partial charge on any atom is -0.508 e. The van der Waals surface area contributed by atoms with Gasteiger partial charge in [0.2, 0.25) is 0 Å². The van der Waals surface area contributed by atoms with Crippen LogP contribution in [0.15, 0.2) is 36.5 Å². The molecule has 104 valence electrons. The zero-order valence-electron chi connectivity index (χ0n) is 10.4. The van der Waals surface area contributed by atoms with Crippen LogP contribution < -0.4 is 5.32 Å². The zero-order valence-corrected chi connectivity index (χ0v) is 11.2. The highest BCUT2D eigenvalue weighted by atomic mass is 35.5. The van der Waals surface area contributed by atoms with Crippen LogP contribution in [0.3, 0.4) is 0 Å². The van der Waals surface area contributed by atoms with Crippen molar-refractivity contribution in [1.82, 2.24) is 15.1 Å². The van der Waals surface area contributed by atoms with Crippen LogP contribution in [0.2, 0.25) is 0 Å². The van der Waals surface area contributed by atoms with E-state index in [2.05, 4.69) is 10.4 Å². The van der Waals surface area contributed by atoms with Gasteiger partial charge in [0.05, 0.1) is 12.2 Å². The van der Waals surface area contributed by atoms with E-state index in [1.807, 2.05) is 18.2 Å². The van der Waals surface area contributed by atoms with Gasteiger partial charge in [0, 0.05) is 24.8 Å². The molecule has 4 nitrogen and oxygen atoms in total. The highest BCUT2D eigenvalue weighted by molar-refractivity contribution is 5.85. The van der Waals surface area contributed by atoms with Gasteiger partial charge in [-0.3, -0.25) is 4.68 Å². The number of aromatic nitrogens is 2. The van der Waals surface area contributed by atoms with Gasteiger partial charge in [0.25, 0.3) is 0 Å². The van der Waals surface area contributed by atoms with E-state index >= 15 is 0 Å². The maximum atomic E-state index is 12.1. The molecule has 0 aliphatic carbocycles. The van der Waals surface area contributed by atoms with Gasteiger partial charge in [-0.05, 0) is 12.1 Å². The van der Waals surface area contributed by atoms with Crippen LogP contribution in [0.1, 0.15) is 11.3 Å². The van der Waals surface area contributed by atoms with Crippen molar-refractivity contribution in [2.24, 2.45) is 0 Å². The molecular formula is C13H17ClFN3O. The van der Waals surface area contributed by atoms with E-state index in [1.165, 1.54) is 0 Å². The van der Waals surface area contributed by atoms with E-state index in [9.17, 15) is 9.50 Å². The highest BCUT2D eigenvalue weighted by Crippen LogP contribution is 2.14. The number of hydrogen-bond acceptors (Lipinski definition) is 3. The molecule has 1 heterocycles. The highest BCUT2D eigenvalue weighted by Gasteiger charge is 2.01. The van der Waals surface area contributed by atoms with Crippen molar-refractivity contribution < 1.29 is 9.50 Å². The van der Waals surface area contributed by atoms with Gasteiger partial charge in [-0.15, -0.1) is 12.4 Å². The number of rotatable bonds is 6. The predicted molar refractivity (Wildman–Crippen MR) is 74.1 cm³/mol. The van der Waals surface area contributed by atoms with Crippen molar-refractivity contribution in [1.29, 1.82) is 0 Å². The van der Waals surface area contributed by atoms with Crippen molar-refractivity contribution in [3.8, 4) is 5.75 Å². The van der Waals surface area contributed by atoms with E-state index in [0.717, 1.165) is 11.3 Å². The summed E-state index contributed by atoms with van der Waals surface area (Å²) < 4.78 is 13.7. The third kappa shape index (κ3) is 4.54. The molecule has 0 saturated heterocycles. The van der Waals surface area contributed by atoms with E-state index in [4.69, 9.17) is 0 Å². The Morgan fingerprint density at radius 1 is 1.21 bits per heavy atom. The van der Waals surface area contributed by atoms with Gasteiger partial charge in [0.15, 0.2) is 0 Å². The maximum absolute atomic E-state index is 12.1. The number of nitrogens with one attached hydrogen (secondary N) is 1. The Bertz CT molecular complexity index is 504. The topological polar surface area (TPSA) is 50.1 Å². The molecule has 0 aliphatic rings. The Morgan fingerprint density at radius 2 is 2.00 bits per heavy atom. The van der Waals surface area contributed by atoms with Gasteiger partial charge in [-0.25, -0.2) is 4.39 Å². The van der Waals surface area contributed by atoms with Crippen molar-refractivity contribution in [2.45, 2.75) is 19.6 Å². The molecule has 2 rings (SSSR count). The van der Waals surface area contributed by atoms with Crippen LogP contribution in [0.4, 0.5) is 4.39 Å². The van der Waals surface area contributed by atoms with Crippen LogP contribution in [0, 0.1) is 0 Å². The molecule has 0 saturated carbocycles. The van der Waals surface area contributed by atoms with Crippen molar-refractivity contribution in [2.75, 3.05) is 6.67 Å². The lowest BCUT2D eigenvalue weighted by molar-refractivity contribution is 0.425. The molecule has 1 aromatic heterocycles. The second-order valence-electron chi connectivity index (χ2n) is 3.99. The van der Waals surface area contributed by atoms with Gasteiger partial charge >= 0.3 is 0 Å². The molecule has 1 aromatic carbocycles. The number of halogens is 2. The minimum absolute atomic E-state index is 0. The Kier molecular flexibility index (Phi) is 6.32. The average molecular weight is 286 g/mol. The molecule has 2 N–H and O–H groups in total. The second kappa shape index (κ2) is 7.76. The lowest BCUT2D eigenvalue weighted by Gasteiger charge is -2.05. The summed E-state index contributed by atoms with van der Waals surface area (Å²) in [6.07, 6.45) is 1.76. The monoisotopic (exact) mass is 285 g/mol. The van der Waals surface area contributed by atoms with Gasteiger partial charge in [-0.2, -0.15) is 5.10 Å². The zero-order chi connectivity index (χ0) is 12.8. The normalized spacial score (nSPS) is 10.2. The summed E-state index contributed by atoms with van der Waals surface area (Å²) in [4.78, 5) is 0. The first-order valence-electron chi connectivity index (χ1n) is 5.85. The lowest BCUT2D eigenvalue weighted by atomic mass is 10.2. The molecular weight excluding hydrogens is 269 g/mol. The fourth-order valence-electron chi connectivity index (χ4n) is 1.69. The first kappa shape index (κ1) is 15.5. The number of para-hydroxylation sites is 1. The summed E-state index contributed by atoms with van der Waals surface area (Å²) >= 11 is 0. The number of phenols is 1. The summed E-state index contributed by atoms with van der Waals surface area (Å²) in [5, 5.41) is 17.0. The fraction of sp³-hybridized carbons (Fsp3) is 0.308. The van der Waals surface area contributed by atoms with Gasteiger partial charge < -0.3 is 10.4 Å². The molecule has 2 aromatic rings. The molecule has 0 fully saturated rings. The maximum Gasteiger partial charge on any atom is 0.120 e. The van der Waals surface area contributed by atoms with Crippen molar-refractivity contribution >= 4 is 12.4 Å². The summed E-state index contributed by atoms with van der Waals surface area (Å²) in [7, 11) is 0. The number of phenolic OH excluding ortho intramolecular Hbond substituents is 1. The van der Waals surface area contributed by atoms with E-state index in [-0.39, 0.29) is 18.2 Å². The summed E-state index contributed by atoms with van der Waals surface area (Å²) in [6, 6.07) is 9.05. The van der Waals surface area contributed by atoms with Gasteiger partial charge in [0.1, 0.15) is 12.4 Å². The Labute approximate surface area is 117 Å².